The number of furan rings is 1. The maximum absolute atomic E-state index is 11.9. The van der Waals surface area contributed by atoms with Crippen LogP contribution in [-0.4, -0.2) is 42.2 Å². The van der Waals surface area contributed by atoms with Gasteiger partial charge in [0.05, 0.1) is 12.8 Å². The Kier molecular flexibility index (Phi) is 5.40. The molecule has 1 unspecified atom stereocenters. The van der Waals surface area contributed by atoms with Crippen LogP contribution >= 0.6 is 0 Å². The van der Waals surface area contributed by atoms with Gasteiger partial charge >= 0.3 is 6.03 Å². The number of fused-ring (bicyclic) bond motifs is 1. The highest BCUT2D eigenvalue weighted by Gasteiger charge is 2.26. The molecule has 2 amide bonds. The molecule has 2 aromatic rings. The maximum atomic E-state index is 11.9. The standard InChI is InChI=1S/C19H25N3O3/c1-19(24,17-7-4-12-25-17)14-21-18(23)20-9-11-22-10-8-15-5-2-3-6-16(15)13-22/h2-7,12,24H,8-11,13-14H2,1H3,(H2,20,21,23). The summed E-state index contributed by atoms with van der Waals surface area (Å²) in [5, 5.41) is 15.8. The summed E-state index contributed by atoms with van der Waals surface area (Å²) in [5.74, 6) is 0.430. The molecule has 2 heterocycles. The summed E-state index contributed by atoms with van der Waals surface area (Å²) in [6, 6.07) is 11.6. The largest absolute Gasteiger partial charge is 0.466 e. The lowest BCUT2D eigenvalue weighted by atomic mass is 10.00. The fourth-order valence-electron chi connectivity index (χ4n) is 3.06. The molecule has 0 saturated heterocycles. The second-order valence-electron chi connectivity index (χ2n) is 6.66. The van der Waals surface area contributed by atoms with Gasteiger partial charge < -0.3 is 20.2 Å². The van der Waals surface area contributed by atoms with Crippen LogP contribution in [0.1, 0.15) is 23.8 Å². The molecule has 0 aliphatic carbocycles. The Morgan fingerprint density at radius 3 is 2.80 bits per heavy atom. The number of amides is 2. The van der Waals surface area contributed by atoms with E-state index in [1.165, 1.54) is 17.4 Å². The molecule has 0 saturated carbocycles. The number of urea groups is 1. The molecule has 0 spiro atoms. The molecule has 3 rings (SSSR count). The molecule has 1 aliphatic heterocycles. The van der Waals surface area contributed by atoms with E-state index in [0.717, 1.165) is 26.1 Å². The molecule has 0 radical (unpaired) electrons. The second kappa shape index (κ2) is 7.72. The maximum Gasteiger partial charge on any atom is 0.314 e. The zero-order valence-corrected chi connectivity index (χ0v) is 14.5. The average molecular weight is 343 g/mol. The van der Waals surface area contributed by atoms with E-state index >= 15 is 0 Å². The van der Waals surface area contributed by atoms with E-state index in [-0.39, 0.29) is 12.6 Å². The van der Waals surface area contributed by atoms with Crippen LogP contribution in [0.4, 0.5) is 4.79 Å². The van der Waals surface area contributed by atoms with Crippen LogP contribution in [0.3, 0.4) is 0 Å². The van der Waals surface area contributed by atoms with Gasteiger partial charge in [-0.05, 0) is 36.6 Å². The van der Waals surface area contributed by atoms with Gasteiger partial charge in [-0.3, -0.25) is 4.90 Å². The van der Waals surface area contributed by atoms with Crippen molar-refractivity contribution in [2.24, 2.45) is 0 Å². The minimum absolute atomic E-state index is 0.0867. The minimum Gasteiger partial charge on any atom is -0.466 e. The first-order valence-electron chi connectivity index (χ1n) is 8.62. The number of carbonyl (C=O) groups excluding carboxylic acids is 1. The van der Waals surface area contributed by atoms with E-state index in [9.17, 15) is 9.90 Å². The normalized spacial score (nSPS) is 16.7. The molecular formula is C19H25N3O3. The second-order valence-corrected chi connectivity index (χ2v) is 6.66. The van der Waals surface area contributed by atoms with Crippen molar-refractivity contribution < 1.29 is 14.3 Å². The Labute approximate surface area is 147 Å². The summed E-state index contributed by atoms with van der Waals surface area (Å²) in [6.07, 6.45) is 2.55. The Morgan fingerprint density at radius 2 is 2.04 bits per heavy atom. The van der Waals surface area contributed by atoms with Gasteiger partial charge in [-0.15, -0.1) is 0 Å². The minimum atomic E-state index is -1.22. The van der Waals surface area contributed by atoms with Gasteiger partial charge in [0.25, 0.3) is 0 Å². The number of nitrogens with one attached hydrogen (secondary N) is 2. The Bertz CT molecular complexity index is 698. The van der Waals surface area contributed by atoms with Crippen molar-refractivity contribution in [1.29, 1.82) is 0 Å². The molecule has 134 valence electrons. The molecule has 0 fully saturated rings. The first-order valence-corrected chi connectivity index (χ1v) is 8.62. The Morgan fingerprint density at radius 1 is 1.24 bits per heavy atom. The smallest absolute Gasteiger partial charge is 0.314 e. The first-order chi connectivity index (χ1) is 12.0. The molecule has 0 bridgehead atoms. The van der Waals surface area contributed by atoms with Crippen LogP contribution in [0, 0.1) is 0 Å². The molecule has 1 aromatic carbocycles. The molecule has 25 heavy (non-hydrogen) atoms. The van der Waals surface area contributed by atoms with Gasteiger partial charge in [0.2, 0.25) is 0 Å². The van der Waals surface area contributed by atoms with Gasteiger partial charge in [-0.1, -0.05) is 24.3 Å². The number of nitrogens with zero attached hydrogens (tertiary/aromatic N) is 1. The molecule has 1 atom stereocenters. The van der Waals surface area contributed by atoms with Crippen molar-refractivity contribution in [1.82, 2.24) is 15.5 Å². The summed E-state index contributed by atoms with van der Waals surface area (Å²) >= 11 is 0. The zero-order valence-electron chi connectivity index (χ0n) is 14.5. The third kappa shape index (κ3) is 4.61. The van der Waals surface area contributed by atoms with Crippen LogP contribution in [0.15, 0.2) is 47.1 Å². The van der Waals surface area contributed by atoms with Gasteiger partial charge in [-0.25, -0.2) is 4.79 Å². The SMILES string of the molecule is CC(O)(CNC(=O)NCCN1CCc2ccccc2C1)c1ccco1. The van der Waals surface area contributed by atoms with Crippen molar-refractivity contribution in [2.75, 3.05) is 26.2 Å². The van der Waals surface area contributed by atoms with Crippen LogP contribution in [0.25, 0.3) is 0 Å². The van der Waals surface area contributed by atoms with Crippen molar-refractivity contribution in [3.05, 3.63) is 59.5 Å². The van der Waals surface area contributed by atoms with E-state index in [1.54, 1.807) is 19.1 Å². The molecule has 1 aromatic heterocycles. The average Bonchev–Trinajstić information content (AvgIpc) is 3.16. The van der Waals surface area contributed by atoms with E-state index in [4.69, 9.17) is 4.42 Å². The monoisotopic (exact) mass is 343 g/mol. The number of aliphatic hydroxyl groups is 1. The van der Waals surface area contributed by atoms with Gasteiger partial charge in [0.15, 0.2) is 0 Å². The lowest BCUT2D eigenvalue weighted by Crippen LogP contribution is -2.45. The highest BCUT2D eigenvalue weighted by molar-refractivity contribution is 5.73. The van der Waals surface area contributed by atoms with Crippen molar-refractivity contribution in [3.63, 3.8) is 0 Å². The van der Waals surface area contributed by atoms with E-state index < -0.39 is 5.60 Å². The van der Waals surface area contributed by atoms with E-state index in [2.05, 4.69) is 39.8 Å². The molecule has 3 N–H and O–H groups in total. The summed E-state index contributed by atoms with van der Waals surface area (Å²) in [7, 11) is 0. The summed E-state index contributed by atoms with van der Waals surface area (Å²) < 4.78 is 5.19. The topological polar surface area (TPSA) is 77.7 Å². The van der Waals surface area contributed by atoms with Crippen LogP contribution in [0.5, 0.6) is 0 Å². The molecular weight excluding hydrogens is 318 g/mol. The van der Waals surface area contributed by atoms with Crippen molar-refractivity contribution >= 4 is 6.03 Å². The van der Waals surface area contributed by atoms with E-state index in [1.807, 2.05) is 0 Å². The molecule has 6 nitrogen and oxygen atoms in total. The third-order valence-corrected chi connectivity index (χ3v) is 4.57. The summed E-state index contributed by atoms with van der Waals surface area (Å²) in [6.45, 7) is 4.99. The Balaban J connectivity index is 1.37. The zero-order chi connectivity index (χ0) is 17.7. The number of benzene rings is 1. The number of hydrogen-bond donors (Lipinski definition) is 3. The quantitative estimate of drug-likeness (QED) is 0.748. The molecule has 6 heteroatoms. The highest BCUT2D eigenvalue weighted by Crippen LogP contribution is 2.20. The Hall–Kier alpha value is -2.31. The van der Waals surface area contributed by atoms with Crippen LogP contribution < -0.4 is 10.6 Å². The third-order valence-electron chi connectivity index (χ3n) is 4.57. The van der Waals surface area contributed by atoms with Crippen molar-refractivity contribution in [2.45, 2.75) is 25.5 Å². The van der Waals surface area contributed by atoms with Crippen LogP contribution in [0.2, 0.25) is 0 Å². The number of rotatable bonds is 6. The number of hydrogen-bond acceptors (Lipinski definition) is 4. The summed E-state index contributed by atoms with van der Waals surface area (Å²) in [5.41, 5.74) is 1.56. The van der Waals surface area contributed by atoms with Gasteiger partial charge in [0, 0.05) is 26.2 Å². The summed E-state index contributed by atoms with van der Waals surface area (Å²) in [4.78, 5) is 14.3. The van der Waals surface area contributed by atoms with Crippen LogP contribution in [-0.2, 0) is 18.6 Å². The number of carbonyl (C=O) groups is 1. The predicted molar refractivity (Wildman–Crippen MR) is 95.1 cm³/mol. The lowest BCUT2D eigenvalue weighted by Gasteiger charge is -2.28. The molecule has 1 aliphatic rings. The highest BCUT2D eigenvalue weighted by atomic mass is 16.4. The van der Waals surface area contributed by atoms with E-state index in [0.29, 0.717) is 12.3 Å². The first kappa shape index (κ1) is 17.5. The fourth-order valence-corrected chi connectivity index (χ4v) is 3.06. The van der Waals surface area contributed by atoms with Gasteiger partial charge in [0.1, 0.15) is 11.4 Å². The van der Waals surface area contributed by atoms with Gasteiger partial charge in [-0.2, -0.15) is 0 Å². The lowest BCUT2D eigenvalue weighted by molar-refractivity contribution is 0.0367. The fraction of sp³-hybridized carbons (Fsp3) is 0.421. The predicted octanol–water partition coefficient (Wildman–Crippen LogP) is 1.84. The van der Waals surface area contributed by atoms with Crippen molar-refractivity contribution in [3.8, 4) is 0 Å².